The van der Waals surface area contributed by atoms with Crippen LogP contribution in [-0.2, 0) is 9.53 Å². The van der Waals surface area contributed by atoms with Gasteiger partial charge in [0, 0.05) is 39.1 Å². The smallest absolute Gasteiger partial charge is 0.223 e. The lowest BCUT2D eigenvalue weighted by Crippen LogP contribution is -2.31. The Labute approximate surface area is 85.6 Å². The molecule has 0 bridgehead atoms. The van der Waals surface area contributed by atoms with Gasteiger partial charge >= 0.3 is 0 Å². The minimum atomic E-state index is 0.262. The van der Waals surface area contributed by atoms with Gasteiger partial charge in [0.1, 0.15) is 0 Å². The Morgan fingerprint density at radius 3 is 3.07 bits per heavy atom. The van der Waals surface area contributed by atoms with Crippen LogP contribution in [-0.4, -0.2) is 51.2 Å². The summed E-state index contributed by atoms with van der Waals surface area (Å²) in [5, 5.41) is 2.99. The van der Waals surface area contributed by atoms with Gasteiger partial charge in [-0.2, -0.15) is 0 Å². The quantitative estimate of drug-likeness (QED) is 0.684. The van der Waals surface area contributed by atoms with Gasteiger partial charge in [0.05, 0.1) is 6.61 Å². The largest absolute Gasteiger partial charge is 0.384 e. The highest BCUT2D eigenvalue weighted by Gasteiger charge is 2.25. The molecule has 0 saturated carbocycles. The molecule has 0 aliphatic carbocycles. The Morgan fingerprint density at radius 2 is 2.43 bits per heavy atom. The van der Waals surface area contributed by atoms with Crippen LogP contribution < -0.4 is 5.32 Å². The van der Waals surface area contributed by atoms with Crippen LogP contribution in [0.2, 0.25) is 0 Å². The molecule has 0 spiro atoms. The maximum Gasteiger partial charge on any atom is 0.223 e. The van der Waals surface area contributed by atoms with Crippen molar-refractivity contribution in [2.45, 2.75) is 12.8 Å². The van der Waals surface area contributed by atoms with Crippen molar-refractivity contribution in [3.63, 3.8) is 0 Å². The number of amides is 1. The van der Waals surface area contributed by atoms with E-state index in [9.17, 15) is 4.79 Å². The molecule has 1 saturated heterocycles. The van der Waals surface area contributed by atoms with Crippen molar-refractivity contribution in [3.05, 3.63) is 0 Å². The second-order valence-corrected chi connectivity index (χ2v) is 3.80. The number of nitrogens with zero attached hydrogens (tertiary/aromatic N) is 1. The third kappa shape index (κ3) is 3.27. The summed E-state index contributed by atoms with van der Waals surface area (Å²) in [4.78, 5) is 13.5. The van der Waals surface area contributed by atoms with Crippen LogP contribution in [0, 0.1) is 5.92 Å². The van der Waals surface area contributed by atoms with E-state index >= 15 is 0 Å². The van der Waals surface area contributed by atoms with E-state index < -0.39 is 0 Å². The number of nitrogens with one attached hydrogen (secondary N) is 1. The van der Waals surface area contributed by atoms with Crippen molar-refractivity contribution in [2.24, 2.45) is 5.92 Å². The predicted octanol–water partition coefficient (Wildman–Crippen LogP) is 0.0908. The zero-order valence-corrected chi connectivity index (χ0v) is 9.08. The lowest BCUT2D eigenvalue weighted by Gasteiger charge is -2.16. The molecule has 1 fully saturated rings. The van der Waals surface area contributed by atoms with Crippen molar-refractivity contribution in [2.75, 3.05) is 40.4 Å². The summed E-state index contributed by atoms with van der Waals surface area (Å²) in [6.45, 7) is 3.31. The number of hydrogen-bond acceptors (Lipinski definition) is 3. The summed E-state index contributed by atoms with van der Waals surface area (Å²) in [5.41, 5.74) is 0. The first kappa shape index (κ1) is 11.5. The molecule has 0 aromatic rings. The highest BCUT2D eigenvalue weighted by molar-refractivity contribution is 5.76. The van der Waals surface area contributed by atoms with Gasteiger partial charge in [-0.05, 0) is 13.5 Å². The Hall–Kier alpha value is -0.610. The van der Waals surface area contributed by atoms with E-state index in [2.05, 4.69) is 5.32 Å². The maximum atomic E-state index is 11.6. The fourth-order valence-electron chi connectivity index (χ4n) is 1.82. The molecule has 1 amide bonds. The van der Waals surface area contributed by atoms with Crippen molar-refractivity contribution < 1.29 is 9.53 Å². The average molecular weight is 200 g/mol. The molecule has 1 N–H and O–H groups in total. The fourth-order valence-corrected chi connectivity index (χ4v) is 1.82. The van der Waals surface area contributed by atoms with Gasteiger partial charge in [-0.15, -0.1) is 0 Å². The first-order chi connectivity index (χ1) is 6.77. The number of carbonyl (C=O) groups is 1. The zero-order valence-electron chi connectivity index (χ0n) is 9.08. The molecule has 0 aromatic carbocycles. The number of rotatable bonds is 5. The predicted molar refractivity (Wildman–Crippen MR) is 55.1 cm³/mol. The topological polar surface area (TPSA) is 41.6 Å². The standard InChI is InChI=1S/C10H20N2O2/c1-11-5-3-10(13)12-6-4-9(7-12)8-14-2/h9,11H,3-8H2,1-2H3. The van der Waals surface area contributed by atoms with Gasteiger partial charge in [-0.3, -0.25) is 4.79 Å². The minimum absolute atomic E-state index is 0.262. The molecule has 1 atom stereocenters. The first-order valence-electron chi connectivity index (χ1n) is 5.19. The minimum Gasteiger partial charge on any atom is -0.384 e. The molecule has 4 heteroatoms. The summed E-state index contributed by atoms with van der Waals surface area (Å²) in [7, 11) is 3.58. The lowest BCUT2D eigenvalue weighted by molar-refractivity contribution is -0.130. The second kappa shape index (κ2) is 5.98. The summed E-state index contributed by atoms with van der Waals surface area (Å²) < 4.78 is 5.08. The molecule has 1 unspecified atom stereocenters. The van der Waals surface area contributed by atoms with E-state index in [1.54, 1.807) is 7.11 Å². The molecule has 0 radical (unpaired) electrons. The Kier molecular flexibility index (Phi) is 4.90. The number of likely N-dealkylation sites (tertiary alicyclic amines) is 1. The van der Waals surface area contributed by atoms with Crippen molar-refractivity contribution >= 4 is 5.91 Å². The summed E-state index contributed by atoms with van der Waals surface area (Å²) in [5.74, 6) is 0.802. The Balaban J connectivity index is 2.23. The van der Waals surface area contributed by atoms with Gasteiger partial charge in [0.2, 0.25) is 5.91 Å². The molecule has 4 nitrogen and oxygen atoms in total. The van der Waals surface area contributed by atoms with Crippen molar-refractivity contribution in [3.8, 4) is 0 Å². The summed E-state index contributed by atoms with van der Waals surface area (Å²) in [6, 6.07) is 0. The summed E-state index contributed by atoms with van der Waals surface area (Å²) >= 11 is 0. The molecular weight excluding hydrogens is 180 g/mol. The SMILES string of the molecule is CNCCC(=O)N1CCC(COC)C1. The molecule has 1 aliphatic heterocycles. The third-order valence-electron chi connectivity index (χ3n) is 2.63. The Bertz CT molecular complexity index is 185. The zero-order chi connectivity index (χ0) is 10.4. The number of ether oxygens (including phenoxy) is 1. The molecule has 82 valence electrons. The van der Waals surface area contributed by atoms with E-state index in [1.807, 2.05) is 11.9 Å². The van der Waals surface area contributed by atoms with Crippen molar-refractivity contribution in [1.29, 1.82) is 0 Å². The van der Waals surface area contributed by atoms with Gasteiger partial charge in [0.15, 0.2) is 0 Å². The van der Waals surface area contributed by atoms with E-state index in [0.717, 1.165) is 32.7 Å². The molecule has 1 aliphatic rings. The third-order valence-corrected chi connectivity index (χ3v) is 2.63. The van der Waals surface area contributed by atoms with Gasteiger partial charge < -0.3 is 15.0 Å². The highest BCUT2D eigenvalue weighted by Crippen LogP contribution is 2.16. The van der Waals surface area contributed by atoms with E-state index in [1.165, 1.54) is 0 Å². The number of methoxy groups -OCH3 is 1. The van der Waals surface area contributed by atoms with Gasteiger partial charge in [-0.1, -0.05) is 0 Å². The van der Waals surface area contributed by atoms with Crippen LogP contribution >= 0.6 is 0 Å². The highest BCUT2D eigenvalue weighted by atomic mass is 16.5. The van der Waals surface area contributed by atoms with Gasteiger partial charge in [0.25, 0.3) is 0 Å². The van der Waals surface area contributed by atoms with Crippen LogP contribution in [0.3, 0.4) is 0 Å². The van der Waals surface area contributed by atoms with Crippen LogP contribution in [0.5, 0.6) is 0 Å². The molecule has 1 rings (SSSR count). The van der Waals surface area contributed by atoms with E-state index in [0.29, 0.717) is 12.3 Å². The van der Waals surface area contributed by atoms with Crippen LogP contribution in [0.15, 0.2) is 0 Å². The molecule has 0 aromatic heterocycles. The van der Waals surface area contributed by atoms with Gasteiger partial charge in [-0.25, -0.2) is 0 Å². The number of carbonyl (C=O) groups excluding carboxylic acids is 1. The van der Waals surface area contributed by atoms with Crippen LogP contribution in [0.1, 0.15) is 12.8 Å². The normalized spacial score (nSPS) is 21.6. The van der Waals surface area contributed by atoms with E-state index in [-0.39, 0.29) is 5.91 Å². The van der Waals surface area contributed by atoms with Crippen LogP contribution in [0.4, 0.5) is 0 Å². The molecular formula is C10H20N2O2. The number of hydrogen-bond donors (Lipinski definition) is 1. The van der Waals surface area contributed by atoms with Crippen molar-refractivity contribution in [1.82, 2.24) is 10.2 Å². The lowest BCUT2D eigenvalue weighted by atomic mass is 10.1. The molecule has 1 heterocycles. The summed E-state index contributed by atoms with van der Waals surface area (Å²) in [6.07, 6.45) is 1.69. The Morgan fingerprint density at radius 1 is 1.64 bits per heavy atom. The average Bonchev–Trinajstić information content (AvgIpc) is 2.63. The monoisotopic (exact) mass is 200 g/mol. The van der Waals surface area contributed by atoms with E-state index in [4.69, 9.17) is 4.74 Å². The molecule has 14 heavy (non-hydrogen) atoms. The maximum absolute atomic E-state index is 11.6. The second-order valence-electron chi connectivity index (χ2n) is 3.80. The fraction of sp³-hybridized carbons (Fsp3) is 0.900. The van der Waals surface area contributed by atoms with Crippen LogP contribution in [0.25, 0.3) is 0 Å². The first-order valence-corrected chi connectivity index (χ1v) is 5.19.